The summed E-state index contributed by atoms with van der Waals surface area (Å²) in [6.07, 6.45) is 0. The number of benzene rings is 1. The van der Waals surface area contributed by atoms with Crippen LogP contribution in [0.3, 0.4) is 0 Å². The Morgan fingerprint density at radius 3 is 2.71 bits per heavy atom. The van der Waals surface area contributed by atoms with Gasteiger partial charge >= 0.3 is 0 Å². The van der Waals surface area contributed by atoms with E-state index < -0.39 is 0 Å². The van der Waals surface area contributed by atoms with E-state index in [-0.39, 0.29) is 5.91 Å². The Hall–Kier alpha value is -2.07. The molecule has 0 aliphatic carbocycles. The number of rotatable bonds is 3. The third-order valence-electron chi connectivity index (χ3n) is 2.45. The summed E-state index contributed by atoms with van der Waals surface area (Å²) in [5.41, 5.74) is 7.20. The van der Waals surface area contributed by atoms with Gasteiger partial charge in [-0.3, -0.25) is 4.79 Å². The molecule has 1 aromatic carbocycles. The maximum absolute atomic E-state index is 11.8. The second-order valence-electron chi connectivity index (χ2n) is 3.73. The summed E-state index contributed by atoms with van der Waals surface area (Å²) >= 11 is 0. The van der Waals surface area contributed by atoms with Gasteiger partial charge in [0.15, 0.2) is 5.76 Å². The van der Waals surface area contributed by atoms with Crippen molar-refractivity contribution in [3.8, 4) is 0 Å². The lowest BCUT2D eigenvalue weighted by atomic mass is 10.2. The van der Waals surface area contributed by atoms with Gasteiger partial charge in [0.05, 0.1) is 0 Å². The minimum Gasteiger partial charge on any atom is -0.456 e. The van der Waals surface area contributed by atoms with Crippen LogP contribution in [-0.4, -0.2) is 5.91 Å². The van der Waals surface area contributed by atoms with Crippen LogP contribution in [-0.2, 0) is 6.54 Å². The van der Waals surface area contributed by atoms with Gasteiger partial charge in [-0.2, -0.15) is 0 Å². The molecule has 0 saturated carbocycles. The average Bonchev–Trinajstić information content (AvgIpc) is 2.77. The number of aryl methyl sites for hydroxylation is 1. The van der Waals surface area contributed by atoms with Crippen LogP contribution in [0.2, 0.25) is 0 Å². The lowest BCUT2D eigenvalue weighted by Crippen LogP contribution is -2.13. The van der Waals surface area contributed by atoms with Gasteiger partial charge in [-0.25, -0.2) is 0 Å². The van der Waals surface area contributed by atoms with Gasteiger partial charge in [0.1, 0.15) is 5.76 Å². The van der Waals surface area contributed by atoms with E-state index in [0.717, 1.165) is 5.56 Å². The summed E-state index contributed by atoms with van der Waals surface area (Å²) < 4.78 is 5.25. The molecule has 0 atom stereocenters. The van der Waals surface area contributed by atoms with Crippen molar-refractivity contribution in [2.24, 2.45) is 5.73 Å². The monoisotopic (exact) mass is 230 g/mol. The number of anilines is 1. The molecule has 0 fully saturated rings. The first-order valence-electron chi connectivity index (χ1n) is 5.36. The Labute approximate surface area is 99.4 Å². The average molecular weight is 230 g/mol. The van der Waals surface area contributed by atoms with E-state index in [9.17, 15) is 4.79 Å². The van der Waals surface area contributed by atoms with Gasteiger partial charge in [-0.1, -0.05) is 18.2 Å². The fourth-order valence-electron chi connectivity index (χ4n) is 1.56. The summed E-state index contributed by atoms with van der Waals surface area (Å²) in [6, 6.07) is 10.8. The highest BCUT2D eigenvalue weighted by Crippen LogP contribution is 2.16. The second kappa shape index (κ2) is 4.84. The van der Waals surface area contributed by atoms with Crippen molar-refractivity contribution in [1.82, 2.24) is 0 Å². The summed E-state index contributed by atoms with van der Waals surface area (Å²) in [6.45, 7) is 2.18. The van der Waals surface area contributed by atoms with Crippen LogP contribution in [0.5, 0.6) is 0 Å². The van der Waals surface area contributed by atoms with Gasteiger partial charge in [-0.15, -0.1) is 0 Å². The first-order valence-corrected chi connectivity index (χ1v) is 5.36. The molecular weight excluding hydrogens is 216 g/mol. The van der Waals surface area contributed by atoms with Gasteiger partial charge < -0.3 is 15.5 Å². The number of nitrogens with one attached hydrogen (secondary N) is 1. The molecule has 1 amide bonds. The molecule has 1 aromatic heterocycles. The minimum absolute atomic E-state index is 0.265. The fraction of sp³-hybridized carbons (Fsp3) is 0.154. The van der Waals surface area contributed by atoms with Crippen molar-refractivity contribution >= 4 is 11.6 Å². The quantitative estimate of drug-likeness (QED) is 0.850. The number of nitrogens with two attached hydrogens (primary N) is 1. The van der Waals surface area contributed by atoms with Crippen LogP contribution in [0.1, 0.15) is 21.9 Å². The Kier molecular flexibility index (Phi) is 3.25. The predicted molar refractivity (Wildman–Crippen MR) is 65.7 cm³/mol. The van der Waals surface area contributed by atoms with Gasteiger partial charge in [0.25, 0.3) is 5.91 Å². The molecule has 0 aliphatic rings. The lowest BCUT2D eigenvalue weighted by molar-refractivity contribution is 0.0995. The largest absolute Gasteiger partial charge is 0.456 e. The molecule has 3 N–H and O–H groups in total. The van der Waals surface area contributed by atoms with E-state index in [1.807, 2.05) is 24.3 Å². The number of hydrogen-bond donors (Lipinski definition) is 2. The predicted octanol–water partition coefficient (Wildman–Crippen LogP) is 2.30. The van der Waals surface area contributed by atoms with Crippen LogP contribution < -0.4 is 11.1 Å². The van der Waals surface area contributed by atoms with E-state index in [4.69, 9.17) is 10.2 Å². The Morgan fingerprint density at radius 2 is 2.06 bits per heavy atom. The van der Waals surface area contributed by atoms with E-state index in [1.54, 1.807) is 19.1 Å². The van der Waals surface area contributed by atoms with Crippen molar-refractivity contribution in [1.29, 1.82) is 0 Å². The van der Waals surface area contributed by atoms with E-state index in [2.05, 4.69) is 5.32 Å². The number of carbonyl (C=O) groups excluding carboxylic acids is 1. The zero-order valence-electron chi connectivity index (χ0n) is 9.57. The molecule has 0 aliphatic heterocycles. The SMILES string of the molecule is Cc1ccc(C(=O)Nc2ccccc2CN)o1. The summed E-state index contributed by atoms with van der Waals surface area (Å²) in [5.74, 6) is 0.746. The molecule has 2 rings (SSSR count). The standard InChI is InChI=1S/C13H14N2O2/c1-9-6-7-12(17-9)13(16)15-11-5-3-2-4-10(11)8-14/h2-7H,8,14H2,1H3,(H,15,16). The van der Waals surface area contributed by atoms with Gasteiger partial charge in [0.2, 0.25) is 0 Å². The smallest absolute Gasteiger partial charge is 0.291 e. The number of furan rings is 1. The molecule has 0 radical (unpaired) electrons. The molecular formula is C13H14N2O2. The van der Waals surface area contributed by atoms with Crippen LogP contribution in [0.25, 0.3) is 0 Å². The third-order valence-corrected chi connectivity index (χ3v) is 2.45. The molecule has 0 saturated heterocycles. The molecule has 17 heavy (non-hydrogen) atoms. The fourth-order valence-corrected chi connectivity index (χ4v) is 1.56. The Morgan fingerprint density at radius 1 is 1.29 bits per heavy atom. The molecule has 0 unspecified atom stereocenters. The van der Waals surface area contributed by atoms with Gasteiger partial charge in [-0.05, 0) is 30.7 Å². The van der Waals surface area contributed by atoms with E-state index in [1.165, 1.54) is 0 Å². The first-order chi connectivity index (χ1) is 8.20. The van der Waals surface area contributed by atoms with Crippen molar-refractivity contribution < 1.29 is 9.21 Å². The van der Waals surface area contributed by atoms with Crippen molar-refractivity contribution in [3.05, 3.63) is 53.5 Å². The molecule has 4 nitrogen and oxygen atoms in total. The zero-order valence-corrected chi connectivity index (χ0v) is 9.57. The second-order valence-corrected chi connectivity index (χ2v) is 3.73. The van der Waals surface area contributed by atoms with Gasteiger partial charge in [0, 0.05) is 12.2 Å². The topological polar surface area (TPSA) is 68.3 Å². The van der Waals surface area contributed by atoms with Crippen LogP contribution in [0.15, 0.2) is 40.8 Å². The highest BCUT2D eigenvalue weighted by Gasteiger charge is 2.11. The Bertz CT molecular complexity index is 532. The zero-order chi connectivity index (χ0) is 12.3. The molecule has 0 spiro atoms. The lowest BCUT2D eigenvalue weighted by Gasteiger charge is -2.07. The summed E-state index contributed by atoms with van der Waals surface area (Å²) in [7, 11) is 0. The summed E-state index contributed by atoms with van der Waals surface area (Å²) in [5, 5.41) is 2.78. The highest BCUT2D eigenvalue weighted by molar-refractivity contribution is 6.02. The molecule has 4 heteroatoms. The van der Waals surface area contributed by atoms with Crippen LogP contribution in [0, 0.1) is 6.92 Å². The van der Waals surface area contributed by atoms with Crippen molar-refractivity contribution in [2.75, 3.05) is 5.32 Å². The highest BCUT2D eigenvalue weighted by atomic mass is 16.3. The Balaban J connectivity index is 2.18. The molecule has 2 aromatic rings. The van der Waals surface area contributed by atoms with Crippen molar-refractivity contribution in [3.63, 3.8) is 0 Å². The number of amides is 1. The van der Waals surface area contributed by atoms with Crippen LogP contribution in [0.4, 0.5) is 5.69 Å². The minimum atomic E-state index is -0.265. The number of hydrogen-bond acceptors (Lipinski definition) is 3. The molecule has 0 bridgehead atoms. The normalized spacial score (nSPS) is 10.2. The van der Waals surface area contributed by atoms with E-state index in [0.29, 0.717) is 23.8 Å². The molecule has 1 heterocycles. The van der Waals surface area contributed by atoms with Crippen molar-refractivity contribution in [2.45, 2.75) is 13.5 Å². The molecule has 88 valence electrons. The number of para-hydroxylation sites is 1. The first kappa shape index (κ1) is 11.4. The van der Waals surface area contributed by atoms with Crippen LogP contribution >= 0.6 is 0 Å². The number of carbonyl (C=O) groups is 1. The summed E-state index contributed by atoms with van der Waals surface area (Å²) in [4.78, 5) is 11.8. The maximum Gasteiger partial charge on any atom is 0.291 e. The maximum atomic E-state index is 11.8. The third kappa shape index (κ3) is 2.54. The van der Waals surface area contributed by atoms with E-state index >= 15 is 0 Å².